The van der Waals surface area contributed by atoms with Gasteiger partial charge < -0.3 is 9.64 Å². The molecule has 1 aliphatic heterocycles. The van der Waals surface area contributed by atoms with Crippen LogP contribution >= 0.6 is 15.9 Å². The summed E-state index contributed by atoms with van der Waals surface area (Å²) in [6.07, 6.45) is 0.138. The van der Waals surface area contributed by atoms with Gasteiger partial charge in [0.1, 0.15) is 12.4 Å². The number of benzene rings is 2. The Hall–Kier alpha value is -1.88. The SMILES string of the molecule is O=C(OCc1ccccc1)N1CCc2c(ccc(Br)c2F)C1. The lowest BCUT2D eigenvalue weighted by Crippen LogP contribution is -2.36. The Kier molecular flexibility index (Phi) is 4.43. The molecule has 0 radical (unpaired) electrons. The van der Waals surface area contributed by atoms with Crippen LogP contribution in [-0.4, -0.2) is 17.5 Å². The van der Waals surface area contributed by atoms with Crippen molar-refractivity contribution in [2.45, 2.75) is 19.6 Å². The summed E-state index contributed by atoms with van der Waals surface area (Å²) < 4.78 is 19.8. The second-order valence-corrected chi connectivity index (χ2v) is 6.07. The molecule has 114 valence electrons. The van der Waals surface area contributed by atoms with E-state index in [4.69, 9.17) is 4.74 Å². The van der Waals surface area contributed by atoms with Crippen LogP contribution in [0.15, 0.2) is 46.9 Å². The number of ether oxygens (including phenoxy) is 1. The van der Waals surface area contributed by atoms with E-state index in [1.807, 2.05) is 36.4 Å². The highest BCUT2D eigenvalue weighted by Crippen LogP contribution is 2.27. The van der Waals surface area contributed by atoms with E-state index in [1.165, 1.54) is 0 Å². The number of carbonyl (C=O) groups is 1. The predicted octanol–water partition coefficient (Wildman–Crippen LogP) is 4.28. The fourth-order valence-electron chi connectivity index (χ4n) is 2.55. The minimum atomic E-state index is -0.363. The van der Waals surface area contributed by atoms with Crippen LogP contribution in [0.5, 0.6) is 0 Å². The van der Waals surface area contributed by atoms with E-state index in [2.05, 4.69) is 15.9 Å². The maximum Gasteiger partial charge on any atom is 0.410 e. The van der Waals surface area contributed by atoms with Gasteiger partial charge in [-0.15, -0.1) is 0 Å². The van der Waals surface area contributed by atoms with Gasteiger partial charge in [-0.3, -0.25) is 0 Å². The summed E-state index contributed by atoms with van der Waals surface area (Å²) in [5.74, 6) is -0.227. The van der Waals surface area contributed by atoms with Gasteiger partial charge in [0.2, 0.25) is 0 Å². The molecule has 0 saturated heterocycles. The largest absolute Gasteiger partial charge is 0.445 e. The van der Waals surface area contributed by atoms with E-state index < -0.39 is 0 Å². The van der Waals surface area contributed by atoms with Crippen molar-refractivity contribution in [1.29, 1.82) is 0 Å². The summed E-state index contributed by atoms with van der Waals surface area (Å²) >= 11 is 3.19. The van der Waals surface area contributed by atoms with Crippen LogP contribution in [0, 0.1) is 5.82 Å². The monoisotopic (exact) mass is 363 g/mol. The molecule has 2 aromatic rings. The van der Waals surface area contributed by atoms with Crippen molar-refractivity contribution in [2.75, 3.05) is 6.54 Å². The number of amides is 1. The highest BCUT2D eigenvalue weighted by molar-refractivity contribution is 9.10. The van der Waals surface area contributed by atoms with Crippen molar-refractivity contribution in [1.82, 2.24) is 4.90 Å². The van der Waals surface area contributed by atoms with Gasteiger partial charge in [0, 0.05) is 13.1 Å². The Morgan fingerprint density at radius 1 is 1.23 bits per heavy atom. The minimum Gasteiger partial charge on any atom is -0.445 e. The van der Waals surface area contributed by atoms with Crippen LogP contribution in [0.1, 0.15) is 16.7 Å². The van der Waals surface area contributed by atoms with Crippen molar-refractivity contribution in [3.63, 3.8) is 0 Å². The Labute approximate surface area is 136 Å². The zero-order chi connectivity index (χ0) is 15.5. The average molecular weight is 364 g/mol. The summed E-state index contributed by atoms with van der Waals surface area (Å²) in [5, 5.41) is 0. The lowest BCUT2D eigenvalue weighted by atomic mass is 9.99. The summed E-state index contributed by atoms with van der Waals surface area (Å²) in [5.41, 5.74) is 2.47. The zero-order valence-electron chi connectivity index (χ0n) is 11.9. The summed E-state index contributed by atoms with van der Waals surface area (Å²) in [6, 6.07) is 13.1. The molecule has 22 heavy (non-hydrogen) atoms. The number of nitrogens with zero attached hydrogens (tertiary/aromatic N) is 1. The van der Waals surface area contributed by atoms with E-state index in [-0.39, 0.29) is 18.5 Å². The molecule has 0 aliphatic carbocycles. The Bertz CT molecular complexity index is 691. The van der Waals surface area contributed by atoms with Gasteiger partial charge in [0.15, 0.2) is 0 Å². The van der Waals surface area contributed by atoms with Gasteiger partial charge in [0.05, 0.1) is 4.47 Å². The first-order valence-corrected chi connectivity index (χ1v) is 7.86. The minimum absolute atomic E-state index is 0.227. The molecule has 3 nitrogen and oxygen atoms in total. The van der Waals surface area contributed by atoms with E-state index in [0.717, 1.165) is 11.1 Å². The molecule has 0 atom stereocenters. The van der Waals surface area contributed by atoms with E-state index in [1.54, 1.807) is 11.0 Å². The molecule has 3 rings (SSSR count). The number of hydrogen-bond acceptors (Lipinski definition) is 2. The smallest absolute Gasteiger partial charge is 0.410 e. The van der Waals surface area contributed by atoms with Crippen LogP contribution < -0.4 is 0 Å². The maximum atomic E-state index is 14.0. The molecule has 0 fully saturated rings. The molecule has 1 aliphatic rings. The van der Waals surface area contributed by atoms with Crippen LogP contribution in [0.4, 0.5) is 9.18 Å². The fourth-order valence-corrected chi connectivity index (χ4v) is 2.92. The highest BCUT2D eigenvalue weighted by atomic mass is 79.9. The first kappa shape index (κ1) is 15.0. The van der Waals surface area contributed by atoms with Crippen LogP contribution in [-0.2, 0) is 24.3 Å². The van der Waals surface area contributed by atoms with Crippen LogP contribution in [0.25, 0.3) is 0 Å². The standard InChI is InChI=1S/C17H15BrFNO2/c18-15-7-6-13-10-20(9-8-14(13)16(15)19)17(21)22-11-12-4-2-1-3-5-12/h1-7H,8-11H2. The van der Waals surface area contributed by atoms with Gasteiger partial charge in [-0.25, -0.2) is 9.18 Å². The van der Waals surface area contributed by atoms with Crippen LogP contribution in [0.3, 0.4) is 0 Å². The average Bonchev–Trinajstić information content (AvgIpc) is 2.56. The van der Waals surface area contributed by atoms with Gasteiger partial charge in [0.25, 0.3) is 0 Å². The molecule has 0 spiro atoms. The molecular weight excluding hydrogens is 349 g/mol. The molecule has 5 heteroatoms. The number of fused-ring (bicyclic) bond motifs is 1. The molecule has 0 bridgehead atoms. The molecule has 0 saturated carbocycles. The predicted molar refractivity (Wildman–Crippen MR) is 84.8 cm³/mol. The second kappa shape index (κ2) is 6.48. The first-order chi connectivity index (χ1) is 10.6. The lowest BCUT2D eigenvalue weighted by molar-refractivity contribution is 0.0916. The Morgan fingerprint density at radius 2 is 2.00 bits per heavy atom. The third-order valence-corrected chi connectivity index (χ3v) is 4.36. The molecule has 1 amide bonds. The number of carbonyl (C=O) groups excluding carboxylic acids is 1. The van der Waals surface area contributed by atoms with Crippen molar-refractivity contribution >= 4 is 22.0 Å². The molecule has 0 N–H and O–H groups in total. The third kappa shape index (κ3) is 3.14. The van der Waals surface area contributed by atoms with Crippen LogP contribution in [0.2, 0.25) is 0 Å². The number of rotatable bonds is 2. The van der Waals surface area contributed by atoms with E-state index in [0.29, 0.717) is 29.5 Å². The fraction of sp³-hybridized carbons (Fsp3) is 0.235. The van der Waals surface area contributed by atoms with Gasteiger partial charge >= 0.3 is 6.09 Å². The first-order valence-electron chi connectivity index (χ1n) is 7.06. The maximum absolute atomic E-state index is 14.0. The van der Waals surface area contributed by atoms with Crippen molar-refractivity contribution in [3.8, 4) is 0 Å². The Morgan fingerprint density at radius 3 is 2.77 bits per heavy atom. The zero-order valence-corrected chi connectivity index (χ0v) is 13.5. The summed E-state index contributed by atoms with van der Waals surface area (Å²) in [7, 11) is 0. The quantitative estimate of drug-likeness (QED) is 0.796. The van der Waals surface area contributed by atoms with Gasteiger partial charge in [-0.05, 0) is 45.1 Å². The molecule has 0 unspecified atom stereocenters. The third-order valence-electron chi connectivity index (χ3n) is 3.75. The highest BCUT2D eigenvalue weighted by Gasteiger charge is 2.24. The second-order valence-electron chi connectivity index (χ2n) is 5.21. The normalized spacial score (nSPS) is 13.6. The topological polar surface area (TPSA) is 29.5 Å². The summed E-state index contributed by atoms with van der Waals surface area (Å²) in [4.78, 5) is 13.7. The van der Waals surface area contributed by atoms with E-state index in [9.17, 15) is 9.18 Å². The number of halogens is 2. The summed E-state index contributed by atoms with van der Waals surface area (Å²) in [6.45, 7) is 1.10. The lowest BCUT2D eigenvalue weighted by Gasteiger charge is -2.28. The Balaban J connectivity index is 1.64. The molecule has 2 aromatic carbocycles. The molecular formula is C17H15BrFNO2. The molecule has 0 aromatic heterocycles. The van der Waals surface area contributed by atoms with Crippen molar-refractivity contribution < 1.29 is 13.9 Å². The van der Waals surface area contributed by atoms with Gasteiger partial charge in [-0.2, -0.15) is 0 Å². The molecule has 1 heterocycles. The van der Waals surface area contributed by atoms with Crippen molar-refractivity contribution in [2.24, 2.45) is 0 Å². The van der Waals surface area contributed by atoms with Gasteiger partial charge in [-0.1, -0.05) is 36.4 Å². The number of hydrogen-bond donors (Lipinski definition) is 0. The van der Waals surface area contributed by atoms with E-state index >= 15 is 0 Å². The van der Waals surface area contributed by atoms with Crippen molar-refractivity contribution in [3.05, 3.63) is 69.4 Å².